The van der Waals surface area contributed by atoms with Crippen molar-refractivity contribution in [3.63, 3.8) is 0 Å². The van der Waals surface area contributed by atoms with E-state index in [2.05, 4.69) is 17.2 Å². The standard InChI is InChI=1S/C27H43N3O4/c1-11-16-30(24(32)21(17-18(2)3)28-25(33)34-27(8,9)10)22(23(31)29-26(5,6)7)20-14-12-19(4)13-15-20/h11-15,18,21-22H,1,16-17H2,2-10H3,(H,28,33)(H,29,31). The van der Waals surface area contributed by atoms with E-state index in [0.29, 0.717) is 12.0 Å². The quantitative estimate of drug-likeness (QED) is 0.499. The Hall–Kier alpha value is -2.83. The number of hydrogen-bond donors (Lipinski definition) is 2. The molecule has 0 aliphatic rings. The number of hydrogen-bond acceptors (Lipinski definition) is 4. The summed E-state index contributed by atoms with van der Waals surface area (Å²) < 4.78 is 5.39. The number of ether oxygens (including phenoxy) is 1. The van der Waals surface area contributed by atoms with Crippen LogP contribution in [0.2, 0.25) is 0 Å². The molecule has 0 aromatic heterocycles. The maximum absolute atomic E-state index is 13.8. The lowest BCUT2D eigenvalue weighted by molar-refractivity contribution is -0.142. The van der Waals surface area contributed by atoms with Crippen molar-refractivity contribution in [2.24, 2.45) is 5.92 Å². The van der Waals surface area contributed by atoms with Crippen molar-refractivity contribution in [2.45, 2.75) is 92.0 Å². The highest BCUT2D eigenvalue weighted by molar-refractivity contribution is 5.92. The average Bonchev–Trinajstić information content (AvgIpc) is 2.64. The van der Waals surface area contributed by atoms with Crippen LogP contribution in [0.15, 0.2) is 36.9 Å². The highest BCUT2D eigenvalue weighted by Gasteiger charge is 2.37. The number of nitrogens with one attached hydrogen (secondary N) is 2. The Balaban J connectivity index is 3.44. The van der Waals surface area contributed by atoms with Crippen molar-refractivity contribution in [2.75, 3.05) is 6.54 Å². The molecule has 7 nitrogen and oxygen atoms in total. The average molecular weight is 474 g/mol. The third-order valence-electron chi connectivity index (χ3n) is 4.76. The van der Waals surface area contributed by atoms with E-state index in [1.165, 1.54) is 4.90 Å². The molecule has 0 spiro atoms. The fourth-order valence-electron chi connectivity index (χ4n) is 3.46. The van der Waals surface area contributed by atoms with Gasteiger partial charge >= 0.3 is 6.09 Å². The Morgan fingerprint density at radius 3 is 2.06 bits per heavy atom. The number of carbonyl (C=O) groups is 3. The van der Waals surface area contributed by atoms with E-state index in [1.807, 2.05) is 65.8 Å². The molecule has 3 amide bonds. The lowest BCUT2D eigenvalue weighted by Crippen LogP contribution is -2.55. The molecule has 0 fully saturated rings. The van der Waals surface area contributed by atoms with E-state index < -0.39 is 29.3 Å². The summed E-state index contributed by atoms with van der Waals surface area (Å²) in [4.78, 5) is 41.3. The first-order chi connectivity index (χ1) is 15.5. The maximum atomic E-state index is 13.8. The fraction of sp³-hybridized carbons (Fsp3) is 0.593. The molecule has 190 valence electrons. The minimum atomic E-state index is -0.888. The molecule has 0 aliphatic heterocycles. The van der Waals surface area contributed by atoms with Crippen molar-refractivity contribution in [1.82, 2.24) is 15.5 Å². The second-order valence-corrected chi connectivity index (χ2v) is 11.2. The van der Waals surface area contributed by atoms with Crippen molar-refractivity contribution >= 4 is 17.9 Å². The summed E-state index contributed by atoms with van der Waals surface area (Å²) >= 11 is 0. The van der Waals surface area contributed by atoms with Gasteiger partial charge in [0.1, 0.15) is 17.7 Å². The molecule has 0 saturated carbocycles. The number of nitrogens with zero attached hydrogens (tertiary/aromatic N) is 1. The van der Waals surface area contributed by atoms with Gasteiger partial charge in [-0.2, -0.15) is 0 Å². The SMILES string of the molecule is C=CCN(C(=O)C(CC(C)C)NC(=O)OC(C)(C)C)C(C(=O)NC(C)(C)C)c1ccc(C)cc1. The van der Waals surface area contributed by atoms with E-state index in [0.717, 1.165) is 5.56 Å². The van der Waals surface area contributed by atoms with Gasteiger partial charge in [-0.25, -0.2) is 4.79 Å². The highest BCUT2D eigenvalue weighted by atomic mass is 16.6. The summed E-state index contributed by atoms with van der Waals surface area (Å²) in [6, 6.07) is 5.78. The lowest BCUT2D eigenvalue weighted by atomic mass is 9.97. The molecule has 7 heteroatoms. The number of carbonyl (C=O) groups excluding carboxylic acids is 3. The van der Waals surface area contributed by atoms with Crippen LogP contribution in [0.1, 0.15) is 79.0 Å². The van der Waals surface area contributed by atoms with Gasteiger partial charge in [0.15, 0.2) is 0 Å². The van der Waals surface area contributed by atoms with E-state index in [1.54, 1.807) is 26.8 Å². The molecule has 2 unspecified atom stereocenters. The minimum Gasteiger partial charge on any atom is -0.444 e. The van der Waals surface area contributed by atoms with Gasteiger partial charge in [-0.1, -0.05) is 49.8 Å². The molecule has 1 rings (SSSR count). The molecule has 0 heterocycles. The van der Waals surface area contributed by atoms with Gasteiger partial charge in [-0.05, 0) is 66.4 Å². The van der Waals surface area contributed by atoms with Crippen LogP contribution < -0.4 is 10.6 Å². The Labute approximate surface area is 205 Å². The number of alkyl carbamates (subject to hydrolysis) is 1. The second-order valence-electron chi connectivity index (χ2n) is 11.2. The van der Waals surface area contributed by atoms with Gasteiger partial charge < -0.3 is 20.3 Å². The minimum absolute atomic E-state index is 0.121. The molecule has 0 radical (unpaired) electrons. The first-order valence-electron chi connectivity index (χ1n) is 11.8. The fourth-order valence-corrected chi connectivity index (χ4v) is 3.46. The number of amides is 3. The van der Waals surface area contributed by atoms with Gasteiger partial charge in [-0.15, -0.1) is 6.58 Å². The third kappa shape index (κ3) is 9.98. The van der Waals surface area contributed by atoms with Crippen molar-refractivity contribution in [3.8, 4) is 0 Å². The summed E-state index contributed by atoms with van der Waals surface area (Å²) in [5.41, 5.74) is 0.537. The molecular formula is C27H43N3O4. The maximum Gasteiger partial charge on any atom is 0.408 e. The van der Waals surface area contributed by atoms with Gasteiger partial charge in [0.25, 0.3) is 0 Å². The van der Waals surface area contributed by atoms with E-state index in [-0.39, 0.29) is 24.3 Å². The number of rotatable bonds is 9. The molecular weight excluding hydrogens is 430 g/mol. The summed E-state index contributed by atoms with van der Waals surface area (Å²) in [5, 5.41) is 5.73. The summed E-state index contributed by atoms with van der Waals surface area (Å²) in [7, 11) is 0. The topological polar surface area (TPSA) is 87.7 Å². The van der Waals surface area contributed by atoms with Gasteiger partial charge in [0.2, 0.25) is 11.8 Å². The molecule has 0 aliphatic carbocycles. The highest BCUT2D eigenvalue weighted by Crippen LogP contribution is 2.25. The van der Waals surface area contributed by atoms with Crippen LogP contribution in [-0.4, -0.2) is 46.5 Å². The van der Waals surface area contributed by atoms with Crippen LogP contribution in [0.5, 0.6) is 0 Å². The van der Waals surface area contributed by atoms with Crippen LogP contribution in [0.25, 0.3) is 0 Å². The van der Waals surface area contributed by atoms with E-state index >= 15 is 0 Å². The summed E-state index contributed by atoms with van der Waals surface area (Å²) in [6.07, 6.45) is 1.31. The van der Waals surface area contributed by atoms with Gasteiger partial charge in [0, 0.05) is 12.1 Å². The molecule has 0 bridgehead atoms. The van der Waals surface area contributed by atoms with Crippen molar-refractivity contribution < 1.29 is 19.1 Å². The predicted octanol–water partition coefficient (Wildman–Crippen LogP) is 4.90. The van der Waals surface area contributed by atoms with Crippen LogP contribution in [-0.2, 0) is 14.3 Å². The zero-order valence-corrected chi connectivity index (χ0v) is 22.3. The van der Waals surface area contributed by atoms with Gasteiger partial charge in [-0.3, -0.25) is 9.59 Å². The Kier molecular flexibility index (Phi) is 10.3. The lowest BCUT2D eigenvalue weighted by Gasteiger charge is -2.35. The molecule has 0 saturated heterocycles. The third-order valence-corrected chi connectivity index (χ3v) is 4.76. The summed E-state index contributed by atoms with van der Waals surface area (Å²) in [5.74, 6) is -0.545. The normalized spacial score (nSPS) is 13.6. The van der Waals surface area contributed by atoms with E-state index in [9.17, 15) is 14.4 Å². The van der Waals surface area contributed by atoms with Crippen LogP contribution >= 0.6 is 0 Å². The molecule has 2 N–H and O–H groups in total. The molecule has 1 aromatic carbocycles. The number of benzene rings is 1. The zero-order chi connectivity index (χ0) is 26.3. The van der Waals surface area contributed by atoms with Crippen molar-refractivity contribution in [3.05, 3.63) is 48.0 Å². The Bertz CT molecular complexity index is 848. The predicted molar refractivity (Wildman–Crippen MR) is 136 cm³/mol. The summed E-state index contributed by atoms with van der Waals surface area (Å²) in [6.45, 7) is 20.8. The monoisotopic (exact) mass is 473 g/mol. The Morgan fingerprint density at radius 2 is 1.62 bits per heavy atom. The zero-order valence-electron chi connectivity index (χ0n) is 22.3. The van der Waals surface area contributed by atoms with E-state index in [4.69, 9.17) is 4.74 Å². The van der Waals surface area contributed by atoms with Crippen molar-refractivity contribution in [1.29, 1.82) is 0 Å². The number of aryl methyl sites for hydroxylation is 1. The second kappa shape index (κ2) is 12.0. The van der Waals surface area contributed by atoms with Gasteiger partial charge in [0.05, 0.1) is 0 Å². The molecule has 34 heavy (non-hydrogen) atoms. The molecule has 1 aromatic rings. The van der Waals surface area contributed by atoms with Crippen LogP contribution in [0.3, 0.4) is 0 Å². The smallest absolute Gasteiger partial charge is 0.408 e. The first kappa shape index (κ1) is 29.2. The molecule has 2 atom stereocenters. The first-order valence-corrected chi connectivity index (χ1v) is 11.8. The largest absolute Gasteiger partial charge is 0.444 e. The van der Waals surface area contributed by atoms with Crippen LogP contribution in [0.4, 0.5) is 4.79 Å². The Morgan fingerprint density at radius 1 is 1.06 bits per heavy atom. The van der Waals surface area contributed by atoms with Crippen LogP contribution in [0, 0.1) is 12.8 Å².